The van der Waals surface area contributed by atoms with Crippen molar-refractivity contribution < 1.29 is 28.6 Å². The van der Waals surface area contributed by atoms with Crippen LogP contribution in [-0.4, -0.2) is 79.9 Å². The van der Waals surface area contributed by atoms with Crippen molar-refractivity contribution in [1.29, 1.82) is 0 Å². The van der Waals surface area contributed by atoms with Crippen molar-refractivity contribution in [2.45, 2.75) is 235 Å². The molecule has 0 saturated heterocycles. The van der Waals surface area contributed by atoms with Gasteiger partial charge in [0.05, 0.1) is 0 Å². The second-order valence-corrected chi connectivity index (χ2v) is 32.5. The summed E-state index contributed by atoms with van der Waals surface area (Å²) in [5.74, 6) is 0. The van der Waals surface area contributed by atoms with E-state index in [9.17, 15) is 0 Å². The molecule has 6 nitrogen and oxygen atoms in total. The molecule has 0 bridgehead atoms. The van der Waals surface area contributed by atoms with E-state index in [1.807, 2.05) is 6.92 Å². The van der Waals surface area contributed by atoms with Crippen LogP contribution in [0.15, 0.2) is 0 Å². The maximum absolute atomic E-state index is 8.20. The van der Waals surface area contributed by atoms with E-state index in [0.29, 0.717) is 34.9 Å². The molecule has 0 saturated carbocycles. The van der Waals surface area contributed by atoms with Gasteiger partial charge in [-0.2, -0.15) is 0 Å². The lowest BCUT2D eigenvalue weighted by Crippen LogP contribution is -2.40. The van der Waals surface area contributed by atoms with E-state index in [2.05, 4.69) is 136 Å². The lowest BCUT2D eigenvalue weighted by atomic mass is 10.2. The van der Waals surface area contributed by atoms with E-state index in [-0.39, 0.29) is 0 Å². The molecular formula is C42H102O6Si3. The fourth-order valence-corrected chi connectivity index (χ4v) is 6.00. The van der Waals surface area contributed by atoms with Crippen LogP contribution >= 0.6 is 0 Å². The van der Waals surface area contributed by atoms with Gasteiger partial charge in [-0.3, -0.25) is 0 Å². The number of aliphatic hydroxyl groups is 3. The first-order valence-electron chi connectivity index (χ1n) is 20.9. The Labute approximate surface area is 327 Å². The quantitative estimate of drug-likeness (QED) is 0.0947. The normalized spacial score (nSPS) is 12.0. The molecule has 0 aliphatic carbocycles. The summed E-state index contributed by atoms with van der Waals surface area (Å²) in [5, 5.41) is 25.2. The number of unbranched alkanes of at least 4 members (excludes halogenated alkanes) is 6. The van der Waals surface area contributed by atoms with Crippen LogP contribution in [-0.2, 0) is 13.3 Å². The van der Waals surface area contributed by atoms with Crippen LogP contribution in [0.2, 0.25) is 54.4 Å². The lowest BCUT2D eigenvalue weighted by molar-refractivity contribution is 0.278. The molecule has 0 heterocycles. The molecule has 0 amide bonds. The zero-order valence-electron chi connectivity index (χ0n) is 39.3. The highest BCUT2D eigenvalue weighted by atomic mass is 28.4. The highest BCUT2D eigenvalue weighted by Gasteiger charge is 2.38. The Bertz CT molecular complexity index is 659. The second kappa shape index (κ2) is 37.3. The van der Waals surface area contributed by atoms with Crippen molar-refractivity contribution in [2.24, 2.45) is 0 Å². The van der Waals surface area contributed by atoms with E-state index in [1.54, 1.807) is 0 Å². The Morgan fingerprint density at radius 1 is 0.333 bits per heavy atom. The number of hydrogen-bond acceptors (Lipinski definition) is 6. The van der Waals surface area contributed by atoms with Crippen LogP contribution in [0.4, 0.5) is 0 Å². The van der Waals surface area contributed by atoms with E-state index in [0.717, 1.165) is 58.3 Å². The van der Waals surface area contributed by atoms with Gasteiger partial charge in [0.1, 0.15) is 0 Å². The molecule has 0 atom stereocenters. The molecule has 318 valence electrons. The predicted octanol–water partition coefficient (Wildman–Crippen LogP) is 13.8. The van der Waals surface area contributed by atoms with E-state index in [4.69, 9.17) is 28.6 Å². The maximum Gasteiger partial charge on any atom is 0.191 e. The van der Waals surface area contributed by atoms with Gasteiger partial charge in [0.25, 0.3) is 0 Å². The van der Waals surface area contributed by atoms with Gasteiger partial charge in [-0.05, 0) is 92.9 Å². The molecule has 0 unspecified atom stereocenters. The fraction of sp³-hybridized carbons (Fsp3) is 1.00. The van der Waals surface area contributed by atoms with Crippen molar-refractivity contribution in [3.63, 3.8) is 0 Å². The molecule has 0 aromatic heterocycles. The van der Waals surface area contributed by atoms with Crippen LogP contribution in [0.5, 0.6) is 0 Å². The largest absolute Gasteiger partial charge is 0.417 e. The van der Waals surface area contributed by atoms with E-state index >= 15 is 0 Å². The summed E-state index contributed by atoms with van der Waals surface area (Å²) < 4.78 is 17.9. The van der Waals surface area contributed by atoms with Gasteiger partial charge < -0.3 is 28.6 Å². The minimum atomic E-state index is -1.45. The van der Waals surface area contributed by atoms with E-state index < -0.39 is 25.0 Å². The van der Waals surface area contributed by atoms with Gasteiger partial charge in [0.15, 0.2) is 25.0 Å². The van der Waals surface area contributed by atoms with Crippen LogP contribution in [0, 0.1) is 0 Å². The van der Waals surface area contributed by atoms with Crippen molar-refractivity contribution in [3.05, 3.63) is 0 Å². The number of rotatable bonds is 18. The molecule has 0 aromatic carbocycles. The third-order valence-electron chi connectivity index (χ3n) is 9.75. The molecule has 0 rings (SSSR count). The Balaban J connectivity index is -0.000000125. The van der Waals surface area contributed by atoms with Gasteiger partial charge in [-0.25, -0.2) is 0 Å². The first-order valence-corrected chi connectivity index (χ1v) is 29.6. The van der Waals surface area contributed by atoms with Crippen molar-refractivity contribution in [1.82, 2.24) is 0 Å². The molecule has 0 spiro atoms. The molecule has 0 fully saturated rings. The standard InChI is InChI=1S/C11H26OSi.C10H24OSi.C9H22OSi.C5H12O.C4H10O.C3H8O/c1-7-8-9-10-12-13(5,6)11(2,3)4;1-7-8-9-11-12(5,6)10(2,3)4;1-7-8-10-11(5,6)9(2,3)4;1-2-3-4-5-6;1-2-3-4-5;1-2-3-4/h7-10H2,1-6H3;7-9H2,1-6H3;7-8H2,1-6H3;6H,2-5H2,1H3;5H,2-4H2,1H3;4H,2-3H2,1H3. The summed E-state index contributed by atoms with van der Waals surface area (Å²) in [6.45, 7) is 50.9. The average Bonchev–Trinajstić information content (AvgIpc) is 3.01. The van der Waals surface area contributed by atoms with Gasteiger partial charge in [-0.1, -0.05) is 142 Å². The lowest BCUT2D eigenvalue weighted by Gasteiger charge is -2.36. The Hall–Kier alpha value is 0.411. The molecule has 0 aliphatic rings. The van der Waals surface area contributed by atoms with E-state index in [1.165, 1.54) is 38.5 Å². The molecule has 3 N–H and O–H groups in total. The predicted molar refractivity (Wildman–Crippen MR) is 240 cm³/mol. The summed E-state index contributed by atoms with van der Waals surface area (Å²) in [4.78, 5) is 0. The highest BCUT2D eigenvalue weighted by Crippen LogP contribution is 2.38. The minimum Gasteiger partial charge on any atom is -0.417 e. The molecule has 0 radical (unpaired) electrons. The highest BCUT2D eigenvalue weighted by molar-refractivity contribution is 6.74. The van der Waals surface area contributed by atoms with Crippen molar-refractivity contribution >= 4 is 25.0 Å². The molecule has 51 heavy (non-hydrogen) atoms. The molecular weight excluding hydrogens is 685 g/mol. The first-order chi connectivity index (χ1) is 23.2. The van der Waals surface area contributed by atoms with Gasteiger partial charge in [0, 0.05) is 39.6 Å². The topological polar surface area (TPSA) is 88.4 Å². The summed E-state index contributed by atoms with van der Waals surface area (Å²) in [6.07, 6.45) is 13.6. The molecule has 9 heteroatoms. The Morgan fingerprint density at radius 3 is 0.804 bits per heavy atom. The summed E-state index contributed by atoms with van der Waals surface area (Å²) in [6, 6.07) is 0. The zero-order valence-corrected chi connectivity index (χ0v) is 42.3. The minimum absolute atomic E-state index is 0.319. The third-order valence-corrected chi connectivity index (χ3v) is 23.4. The smallest absolute Gasteiger partial charge is 0.191 e. The SMILES string of the molecule is CCCCCO.CCCCCO[Si](C)(C)C(C)(C)C.CCCCO.CCCCO[Si](C)(C)C(C)(C)C.CCCO.CCCO[Si](C)(C)C(C)(C)C. The Kier molecular flexibility index (Phi) is 46.4. The monoisotopic (exact) mass is 787 g/mol. The number of aliphatic hydroxyl groups excluding tert-OH is 3. The number of hydrogen-bond donors (Lipinski definition) is 3. The summed E-state index contributed by atoms with van der Waals surface area (Å²) >= 11 is 0. The first kappa shape index (κ1) is 63.4. The van der Waals surface area contributed by atoms with Crippen molar-refractivity contribution in [2.75, 3.05) is 39.6 Å². The third kappa shape index (κ3) is 44.7. The van der Waals surface area contributed by atoms with Crippen LogP contribution < -0.4 is 0 Å². The maximum atomic E-state index is 8.20. The molecule has 0 aromatic rings. The Morgan fingerprint density at radius 2 is 0.608 bits per heavy atom. The average molecular weight is 788 g/mol. The van der Waals surface area contributed by atoms with Crippen LogP contribution in [0.1, 0.15) is 181 Å². The van der Waals surface area contributed by atoms with Gasteiger partial charge in [-0.15, -0.1) is 0 Å². The van der Waals surface area contributed by atoms with Crippen LogP contribution in [0.25, 0.3) is 0 Å². The van der Waals surface area contributed by atoms with Crippen molar-refractivity contribution in [3.8, 4) is 0 Å². The zero-order chi connectivity index (χ0) is 41.8. The van der Waals surface area contributed by atoms with Gasteiger partial charge in [0.2, 0.25) is 0 Å². The van der Waals surface area contributed by atoms with Crippen LogP contribution in [0.3, 0.4) is 0 Å². The summed E-state index contributed by atoms with van der Waals surface area (Å²) in [5.41, 5.74) is 0. The second-order valence-electron chi connectivity index (χ2n) is 18.1. The van der Waals surface area contributed by atoms with Gasteiger partial charge >= 0.3 is 0 Å². The summed E-state index contributed by atoms with van der Waals surface area (Å²) in [7, 11) is -4.32. The molecule has 0 aliphatic heterocycles. The fourth-order valence-electron chi connectivity index (χ4n) is 2.68.